The van der Waals surface area contributed by atoms with Crippen molar-refractivity contribution < 1.29 is 0 Å². The molecule has 0 aliphatic rings. The molecule has 0 spiro atoms. The van der Waals surface area contributed by atoms with Gasteiger partial charge < -0.3 is 0 Å². The lowest BCUT2D eigenvalue weighted by atomic mass is 9.94. The quantitative estimate of drug-likeness (QED) is 0.161. The van der Waals surface area contributed by atoms with E-state index in [4.69, 9.17) is 29.9 Å². The van der Waals surface area contributed by atoms with E-state index in [0.29, 0.717) is 23.3 Å². The zero-order valence-corrected chi connectivity index (χ0v) is 32.4. The molecular weight excluding hydrogens is 741 g/mol. The van der Waals surface area contributed by atoms with Crippen LogP contribution in [-0.2, 0) is 0 Å². The van der Waals surface area contributed by atoms with Gasteiger partial charge in [0.25, 0.3) is 0 Å². The Labute approximate surface area is 344 Å². The van der Waals surface area contributed by atoms with Crippen molar-refractivity contribution in [3.05, 3.63) is 194 Å². The molecule has 7 heteroatoms. The summed E-state index contributed by atoms with van der Waals surface area (Å²) in [6.07, 6.45) is 3.87. The standard InChI is InChI=1S/C52H32N6S/c1-4-12-33(13-5-1)34-20-22-35(23-21-34)40-30-45-47-46(59-52(45)54-31-40)32-53-48(55-47)39-26-24-36(25-27-39)41-28-29-44(43-19-11-10-18-42(41)43)51-57-49(37-14-6-2-7-15-37)56-50(58-51)38-16-8-3-9-17-38/h1-32H. The van der Waals surface area contributed by atoms with Crippen molar-refractivity contribution in [2.75, 3.05) is 0 Å². The maximum atomic E-state index is 5.12. The zero-order chi connectivity index (χ0) is 39.1. The summed E-state index contributed by atoms with van der Waals surface area (Å²) in [4.78, 5) is 30.7. The first-order valence-corrected chi connectivity index (χ1v) is 20.2. The van der Waals surface area contributed by atoms with Crippen molar-refractivity contribution in [2.24, 2.45) is 0 Å². The molecule has 6 nitrogen and oxygen atoms in total. The van der Waals surface area contributed by atoms with E-state index >= 15 is 0 Å². The molecule has 11 rings (SSSR count). The van der Waals surface area contributed by atoms with Gasteiger partial charge in [0.05, 0.1) is 10.2 Å². The van der Waals surface area contributed by atoms with Crippen molar-refractivity contribution in [2.45, 2.75) is 0 Å². The van der Waals surface area contributed by atoms with E-state index in [1.54, 1.807) is 11.3 Å². The van der Waals surface area contributed by atoms with E-state index in [0.717, 1.165) is 75.7 Å². The van der Waals surface area contributed by atoms with Crippen LogP contribution in [0.2, 0.25) is 0 Å². The molecule has 0 saturated heterocycles. The lowest BCUT2D eigenvalue weighted by Gasteiger charge is -2.13. The monoisotopic (exact) mass is 772 g/mol. The van der Waals surface area contributed by atoms with E-state index in [1.165, 1.54) is 11.1 Å². The minimum absolute atomic E-state index is 0.632. The highest BCUT2D eigenvalue weighted by Gasteiger charge is 2.17. The number of rotatable bonds is 7. The minimum Gasteiger partial charge on any atom is -0.245 e. The fourth-order valence-electron chi connectivity index (χ4n) is 7.70. The first-order valence-electron chi connectivity index (χ1n) is 19.4. The number of nitrogens with zero attached hydrogens (tertiary/aromatic N) is 6. The molecule has 0 bridgehead atoms. The molecule has 0 aliphatic heterocycles. The highest BCUT2D eigenvalue weighted by Crippen LogP contribution is 2.38. The lowest BCUT2D eigenvalue weighted by Crippen LogP contribution is -2.00. The molecule has 0 fully saturated rings. The fourth-order valence-corrected chi connectivity index (χ4v) is 8.64. The van der Waals surface area contributed by atoms with Crippen molar-refractivity contribution in [1.82, 2.24) is 29.9 Å². The van der Waals surface area contributed by atoms with Crippen LogP contribution in [0.4, 0.5) is 0 Å². The Morgan fingerprint density at radius 1 is 0.305 bits per heavy atom. The Balaban J connectivity index is 0.931. The van der Waals surface area contributed by atoms with Crippen LogP contribution in [0, 0.1) is 0 Å². The van der Waals surface area contributed by atoms with Gasteiger partial charge in [0.1, 0.15) is 4.83 Å². The number of aromatic nitrogens is 6. The summed E-state index contributed by atoms with van der Waals surface area (Å²) in [7, 11) is 0. The normalized spacial score (nSPS) is 11.4. The SMILES string of the molecule is c1ccc(-c2ccc(-c3cnc4sc5cnc(-c6ccc(-c7ccc(-c8nc(-c9ccccc9)nc(-c9ccccc9)n8)c8ccccc78)cc6)nc5c4c3)cc2)cc1. The summed E-state index contributed by atoms with van der Waals surface area (Å²) in [5, 5.41) is 3.21. The Bertz CT molecular complexity index is 3240. The van der Waals surface area contributed by atoms with Crippen molar-refractivity contribution in [3.8, 4) is 78.9 Å². The number of benzene rings is 7. The molecule has 0 N–H and O–H groups in total. The van der Waals surface area contributed by atoms with Crippen LogP contribution >= 0.6 is 11.3 Å². The van der Waals surface area contributed by atoms with Crippen LogP contribution in [0.25, 0.3) is 110 Å². The molecular formula is C52H32N6S. The van der Waals surface area contributed by atoms with Crippen LogP contribution < -0.4 is 0 Å². The molecule has 59 heavy (non-hydrogen) atoms. The topological polar surface area (TPSA) is 77.3 Å². The van der Waals surface area contributed by atoms with E-state index in [1.807, 2.05) is 79.1 Å². The first kappa shape index (κ1) is 34.5. The molecule has 0 atom stereocenters. The second-order valence-electron chi connectivity index (χ2n) is 14.4. The van der Waals surface area contributed by atoms with E-state index < -0.39 is 0 Å². The van der Waals surface area contributed by atoms with E-state index in [9.17, 15) is 0 Å². The molecule has 0 amide bonds. The summed E-state index contributed by atoms with van der Waals surface area (Å²) in [5.41, 5.74) is 11.5. The molecule has 0 aliphatic carbocycles. The van der Waals surface area contributed by atoms with Crippen LogP contribution in [0.3, 0.4) is 0 Å². The summed E-state index contributed by atoms with van der Waals surface area (Å²) in [6, 6.07) is 62.7. The highest BCUT2D eigenvalue weighted by molar-refractivity contribution is 7.25. The lowest BCUT2D eigenvalue weighted by molar-refractivity contribution is 1.08. The Morgan fingerprint density at radius 3 is 1.42 bits per heavy atom. The number of hydrogen-bond donors (Lipinski definition) is 0. The van der Waals surface area contributed by atoms with Crippen molar-refractivity contribution >= 4 is 42.5 Å². The van der Waals surface area contributed by atoms with Gasteiger partial charge in [-0.2, -0.15) is 0 Å². The van der Waals surface area contributed by atoms with Gasteiger partial charge in [0.2, 0.25) is 0 Å². The third kappa shape index (κ3) is 6.49. The van der Waals surface area contributed by atoms with Gasteiger partial charge in [-0.05, 0) is 50.7 Å². The van der Waals surface area contributed by atoms with Gasteiger partial charge in [-0.25, -0.2) is 29.9 Å². The average molecular weight is 773 g/mol. The largest absolute Gasteiger partial charge is 0.245 e. The fraction of sp³-hybridized carbons (Fsp3) is 0. The number of thiophene rings is 1. The Morgan fingerprint density at radius 2 is 0.780 bits per heavy atom. The third-order valence-corrected chi connectivity index (χ3v) is 11.7. The van der Waals surface area contributed by atoms with Gasteiger partial charge in [-0.1, -0.05) is 170 Å². The zero-order valence-electron chi connectivity index (χ0n) is 31.6. The van der Waals surface area contributed by atoms with Crippen LogP contribution in [0.15, 0.2) is 194 Å². The molecule has 276 valence electrons. The molecule has 0 saturated carbocycles. The highest BCUT2D eigenvalue weighted by atomic mass is 32.1. The van der Waals surface area contributed by atoms with E-state index in [2.05, 4.69) is 115 Å². The smallest absolute Gasteiger partial charge is 0.164 e. The summed E-state index contributed by atoms with van der Waals surface area (Å²) in [5.74, 6) is 2.59. The maximum absolute atomic E-state index is 5.12. The molecule has 4 aromatic heterocycles. The second-order valence-corrected chi connectivity index (χ2v) is 15.4. The summed E-state index contributed by atoms with van der Waals surface area (Å²) >= 11 is 1.62. The van der Waals surface area contributed by atoms with E-state index in [-0.39, 0.29) is 0 Å². The van der Waals surface area contributed by atoms with Gasteiger partial charge in [-0.3, -0.25) is 0 Å². The molecule has 4 heterocycles. The maximum Gasteiger partial charge on any atom is 0.164 e. The molecule has 11 aromatic rings. The van der Waals surface area contributed by atoms with Gasteiger partial charge in [0, 0.05) is 45.6 Å². The molecule has 0 unspecified atom stereocenters. The van der Waals surface area contributed by atoms with Crippen LogP contribution in [-0.4, -0.2) is 29.9 Å². The third-order valence-electron chi connectivity index (χ3n) is 10.7. The minimum atomic E-state index is 0.632. The van der Waals surface area contributed by atoms with Gasteiger partial charge in [-0.15, -0.1) is 11.3 Å². The van der Waals surface area contributed by atoms with Gasteiger partial charge in [0.15, 0.2) is 23.3 Å². The van der Waals surface area contributed by atoms with Crippen molar-refractivity contribution in [3.63, 3.8) is 0 Å². The number of pyridine rings is 1. The molecule has 0 radical (unpaired) electrons. The van der Waals surface area contributed by atoms with Crippen LogP contribution in [0.5, 0.6) is 0 Å². The van der Waals surface area contributed by atoms with Crippen LogP contribution in [0.1, 0.15) is 0 Å². The Kier molecular flexibility index (Phi) is 8.56. The predicted molar refractivity (Wildman–Crippen MR) is 242 cm³/mol. The number of hydrogen-bond acceptors (Lipinski definition) is 7. The predicted octanol–water partition coefficient (Wildman–Crippen LogP) is 13.2. The summed E-state index contributed by atoms with van der Waals surface area (Å²) < 4.78 is 1.01. The summed E-state index contributed by atoms with van der Waals surface area (Å²) in [6.45, 7) is 0. The van der Waals surface area contributed by atoms with Gasteiger partial charge >= 0.3 is 0 Å². The molecule has 7 aromatic carbocycles. The van der Waals surface area contributed by atoms with Crippen molar-refractivity contribution in [1.29, 1.82) is 0 Å². The first-order chi connectivity index (χ1) is 29.2. The Hall–Kier alpha value is -7.74. The average Bonchev–Trinajstić information content (AvgIpc) is 3.69. The second kappa shape index (κ2) is 14.6. The number of fused-ring (bicyclic) bond motifs is 4.